The van der Waals surface area contributed by atoms with E-state index in [1.54, 1.807) is 0 Å². The molecule has 1 N–H and O–H groups in total. The average Bonchev–Trinajstić information content (AvgIpc) is 3.20. The van der Waals surface area contributed by atoms with E-state index >= 15 is 0 Å². The average molecular weight is 319 g/mol. The Bertz CT molecular complexity index is 459. The first-order valence-electron chi connectivity index (χ1n) is 9.56. The third-order valence-electron chi connectivity index (χ3n) is 6.49. The van der Waals surface area contributed by atoms with Crippen LogP contribution in [-0.2, 0) is 9.59 Å². The van der Waals surface area contributed by atoms with Gasteiger partial charge in [-0.05, 0) is 44.4 Å². The molecule has 4 fully saturated rings. The number of carbonyl (C=O) groups is 2. The highest BCUT2D eigenvalue weighted by Crippen LogP contribution is 2.34. The lowest BCUT2D eigenvalue weighted by atomic mass is 9.85. The van der Waals surface area contributed by atoms with Crippen LogP contribution in [0.5, 0.6) is 0 Å². The molecule has 3 aliphatic heterocycles. The van der Waals surface area contributed by atoms with Gasteiger partial charge in [-0.2, -0.15) is 0 Å². The summed E-state index contributed by atoms with van der Waals surface area (Å²) in [5.41, 5.74) is 0. The standard InChI is InChI=1S/C18H29N3O2/c22-17-6-3-9-21(17)14-7-10-20(11-8-14)18(23)16-12-13-4-1-2-5-15(13)19-16/h13-16,19H,1-12H2. The predicted molar refractivity (Wildman–Crippen MR) is 87.8 cm³/mol. The van der Waals surface area contributed by atoms with Gasteiger partial charge >= 0.3 is 0 Å². The van der Waals surface area contributed by atoms with Crippen LogP contribution in [0.15, 0.2) is 0 Å². The van der Waals surface area contributed by atoms with E-state index in [-0.39, 0.29) is 6.04 Å². The molecular weight excluding hydrogens is 290 g/mol. The van der Waals surface area contributed by atoms with Crippen LogP contribution in [0.3, 0.4) is 0 Å². The van der Waals surface area contributed by atoms with Crippen molar-refractivity contribution in [3.05, 3.63) is 0 Å². The Labute approximate surface area is 138 Å². The fourth-order valence-corrected chi connectivity index (χ4v) is 5.18. The first-order valence-corrected chi connectivity index (χ1v) is 9.56. The molecule has 4 rings (SSSR count). The molecule has 3 unspecified atom stereocenters. The number of fused-ring (bicyclic) bond motifs is 1. The smallest absolute Gasteiger partial charge is 0.239 e. The van der Waals surface area contributed by atoms with Gasteiger partial charge in [0.2, 0.25) is 11.8 Å². The van der Waals surface area contributed by atoms with Gasteiger partial charge in [0.05, 0.1) is 6.04 Å². The number of nitrogens with one attached hydrogen (secondary N) is 1. The number of likely N-dealkylation sites (tertiary alicyclic amines) is 2. The second kappa shape index (κ2) is 6.42. The van der Waals surface area contributed by atoms with Gasteiger partial charge in [0.1, 0.15) is 0 Å². The molecule has 0 radical (unpaired) electrons. The number of carbonyl (C=O) groups excluding carboxylic acids is 2. The van der Waals surface area contributed by atoms with Crippen molar-refractivity contribution in [2.75, 3.05) is 19.6 Å². The van der Waals surface area contributed by atoms with E-state index in [1.807, 2.05) is 4.90 Å². The van der Waals surface area contributed by atoms with Gasteiger partial charge in [-0.25, -0.2) is 0 Å². The van der Waals surface area contributed by atoms with Crippen molar-refractivity contribution in [3.8, 4) is 0 Å². The van der Waals surface area contributed by atoms with Crippen molar-refractivity contribution in [2.45, 2.75) is 75.9 Å². The van der Waals surface area contributed by atoms with E-state index in [4.69, 9.17) is 0 Å². The maximum atomic E-state index is 12.8. The van der Waals surface area contributed by atoms with E-state index in [1.165, 1.54) is 25.7 Å². The van der Waals surface area contributed by atoms with Crippen molar-refractivity contribution in [3.63, 3.8) is 0 Å². The molecule has 4 aliphatic rings. The maximum Gasteiger partial charge on any atom is 0.239 e. The molecule has 0 aromatic heterocycles. The van der Waals surface area contributed by atoms with Crippen LogP contribution >= 0.6 is 0 Å². The zero-order valence-corrected chi connectivity index (χ0v) is 14.0. The quantitative estimate of drug-likeness (QED) is 0.839. The van der Waals surface area contributed by atoms with Crippen molar-refractivity contribution in [2.24, 2.45) is 5.92 Å². The SMILES string of the molecule is O=C(C1CC2CCCCC2N1)N1CCC(N2CCCC2=O)CC1. The summed E-state index contributed by atoms with van der Waals surface area (Å²) < 4.78 is 0. The molecule has 1 saturated carbocycles. The monoisotopic (exact) mass is 319 g/mol. The molecule has 0 aromatic carbocycles. The van der Waals surface area contributed by atoms with Gasteiger partial charge in [-0.15, -0.1) is 0 Å². The molecular formula is C18H29N3O2. The summed E-state index contributed by atoms with van der Waals surface area (Å²) in [6, 6.07) is 0.999. The molecule has 3 atom stereocenters. The molecule has 128 valence electrons. The molecule has 1 aliphatic carbocycles. The Morgan fingerprint density at radius 3 is 2.48 bits per heavy atom. The molecule has 23 heavy (non-hydrogen) atoms. The molecule has 3 saturated heterocycles. The van der Waals surface area contributed by atoms with Crippen LogP contribution in [0.1, 0.15) is 57.8 Å². The second-order valence-corrected chi connectivity index (χ2v) is 7.85. The van der Waals surface area contributed by atoms with Gasteiger partial charge < -0.3 is 15.1 Å². The maximum absolute atomic E-state index is 12.8. The Balaban J connectivity index is 1.30. The summed E-state index contributed by atoms with van der Waals surface area (Å²) in [7, 11) is 0. The fourth-order valence-electron chi connectivity index (χ4n) is 5.18. The third kappa shape index (κ3) is 3.00. The highest BCUT2D eigenvalue weighted by molar-refractivity contribution is 5.82. The summed E-state index contributed by atoms with van der Waals surface area (Å²) >= 11 is 0. The van der Waals surface area contributed by atoms with Crippen molar-refractivity contribution < 1.29 is 9.59 Å². The minimum absolute atomic E-state index is 0.0491. The number of hydrogen-bond acceptors (Lipinski definition) is 3. The predicted octanol–water partition coefficient (Wildman–Crippen LogP) is 1.52. The number of piperidine rings is 1. The van der Waals surface area contributed by atoms with Crippen LogP contribution in [-0.4, -0.2) is 59.4 Å². The molecule has 0 aromatic rings. The summed E-state index contributed by atoms with van der Waals surface area (Å²) in [6.45, 7) is 2.56. The van der Waals surface area contributed by atoms with Gasteiger partial charge in [-0.1, -0.05) is 12.8 Å². The summed E-state index contributed by atoms with van der Waals surface area (Å²) in [5, 5.41) is 3.61. The van der Waals surface area contributed by atoms with E-state index in [0.29, 0.717) is 30.3 Å². The summed E-state index contributed by atoms with van der Waals surface area (Å²) in [4.78, 5) is 28.8. The zero-order valence-electron chi connectivity index (χ0n) is 14.0. The minimum atomic E-state index is 0.0491. The Kier molecular flexibility index (Phi) is 4.31. The topological polar surface area (TPSA) is 52.7 Å². The molecule has 5 nitrogen and oxygen atoms in total. The van der Waals surface area contributed by atoms with Crippen molar-refractivity contribution in [1.82, 2.24) is 15.1 Å². The lowest BCUT2D eigenvalue weighted by Crippen LogP contribution is -2.51. The highest BCUT2D eigenvalue weighted by Gasteiger charge is 2.40. The second-order valence-electron chi connectivity index (χ2n) is 7.85. The molecule has 5 heteroatoms. The van der Waals surface area contributed by atoms with Gasteiger partial charge in [0.25, 0.3) is 0 Å². The molecule has 3 heterocycles. The number of amides is 2. The third-order valence-corrected chi connectivity index (χ3v) is 6.49. The molecule has 0 bridgehead atoms. The number of nitrogens with zero attached hydrogens (tertiary/aromatic N) is 2. The van der Waals surface area contributed by atoms with Crippen molar-refractivity contribution in [1.29, 1.82) is 0 Å². The first kappa shape index (κ1) is 15.4. The van der Waals surface area contributed by atoms with Gasteiger partial charge in [0.15, 0.2) is 0 Å². The zero-order chi connectivity index (χ0) is 15.8. The fraction of sp³-hybridized carbons (Fsp3) is 0.889. The van der Waals surface area contributed by atoms with Crippen LogP contribution in [0, 0.1) is 5.92 Å². The lowest BCUT2D eigenvalue weighted by molar-refractivity contribution is -0.136. The van der Waals surface area contributed by atoms with E-state index in [2.05, 4.69) is 10.2 Å². The molecule has 2 amide bonds. The van der Waals surface area contributed by atoms with E-state index in [0.717, 1.165) is 51.2 Å². The van der Waals surface area contributed by atoms with Crippen LogP contribution in [0.4, 0.5) is 0 Å². The summed E-state index contributed by atoms with van der Waals surface area (Å²) in [6.07, 6.45) is 9.85. The van der Waals surface area contributed by atoms with E-state index in [9.17, 15) is 9.59 Å². The molecule has 0 spiro atoms. The van der Waals surface area contributed by atoms with E-state index < -0.39 is 0 Å². The van der Waals surface area contributed by atoms with Crippen LogP contribution in [0.2, 0.25) is 0 Å². The minimum Gasteiger partial charge on any atom is -0.341 e. The van der Waals surface area contributed by atoms with Crippen LogP contribution < -0.4 is 5.32 Å². The Morgan fingerprint density at radius 2 is 1.78 bits per heavy atom. The van der Waals surface area contributed by atoms with Gasteiger partial charge in [0, 0.05) is 38.1 Å². The Morgan fingerprint density at radius 1 is 1.00 bits per heavy atom. The van der Waals surface area contributed by atoms with Gasteiger partial charge in [-0.3, -0.25) is 9.59 Å². The highest BCUT2D eigenvalue weighted by atomic mass is 16.2. The van der Waals surface area contributed by atoms with Crippen molar-refractivity contribution >= 4 is 11.8 Å². The summed E-state index contributed by atoms with van der Waals surface area (Å²) in [5.74, 6) is 1.35. The number of hydrogen-bond donors (Lipinski definition) is 1. The largest absolute Gasteiger partial charge is 0.341 e. The van der Waals surface area contributed by atoms with Crippen LogP contribution in [0.25, 0.3) is 0 Å². The Hall–Kier alpha value is -1.10. The normalized spacial score (nSPS) is 35.7. The first-order chi connectivity index (χ1) is 11.2. The lowest BCUT2D eigenvalue weighted by Gasteiger charge is -2.37. The number of rotatable bonds is 2.